The van der Waals surface area contributed by atoms with Crippen LogP contribution < -0.4 is 5.32 Å². The van der Waals surface area contributed by atoms with E-state index in [2.05, 4.69) is 34.4 Å². The maximum atomic E-state index is 14.2. The van der Waals surface area contributed by atoms with Crippen LogP contribution in [0.3, 0.4) is 0 Å². The molecule has 0 aliphatic carbocycles. The van der Waals surface area contributed by atoms with Gasteiger partial charge in [-0.2, -0.15) is 0 Å². The van der Waals surface area contributed by atoms with Gasteiger partial charge >= 0.3 is 0 Å². The van der Waals surface area contributed by atoms with Crippen molar-refractivity contribution in [1.82, 2.24) is 30.1 Å². The number of hydrogen-bond donors (Lipinski definition) is 1. The first-order valence-corrected chi connectivity index (χ1v) is 14.8. The van der Waals surface area contributed by atoms with E-state index in [-0.39, 0.29) is 42.1 Å². The van der Waals surface area contributed by atoms with Crippen molar-refractivity contribution in [3.63, 3.8) is 0 Å². The molecule has 0 spiro atoms. The Labute approximate surface area is 244 Å². The van der Waals surface area contributed by atoms with Crippen molar-refractivity contribution in [1.29, 1.82) is 0 Å². The lowest BCUT2D eigenvalue weighted by Crippen LogP contribution is -2.55. The first-order valence-electron chi connectivity index (χ1n) is 14.8. The fraction of sp³-hybridized carbons (Fsp3) is 0.667. The topological polar surface area (TPSA) is 92.6 Å². The van der Waals surface area contributed by atoms with Crippen LogP contribution in [0.15, 0.2) is 30.3 Å². The second-order valence-corrected chi connectivity index (χ2v) is 11.9. The lowest BCUT2D eigenvalue weighted by atomic mass is 9.92. The molecule has 10 heteroatoms. The van der Waals surface area contributed by atoms with Crippen LogP contribution in [0.5, 0.6) is 0 Å². The summed E-state index contributed by atoms with van der Waals surface area (Å²) >= 11 is 0. The molecule has 5 rings (SSSR count). The molecule has 2 aromatic rings. The Morgan fingerprint density at radius 3 is 2.42 bits per heavy atom. The van der Waals surface area contributed by atoms with E-state index in [4.69, 9.17) is 4.74 Å². The maximum Gasteiger partial charge on any atom is 0.276 e. The zero-order valence-electron chi connectivity index (χ0n) is 24.1. The van der Waals surface area contributed by atoms with Gasteiger partial charge in [-0.05, 0) is 69.4 Å². The van der Waals surface area contributed by atoms with E-state index in [1.807, 2.05) is 39.9 Å². The standard InChI is InChI=1S/C30H44N6O3.ClH/c1-21(2)20-34(26-17-22(18-31-19-26)29(37)35-23-12-13-24(35)15-14-23)30(38)28-27(11-7-8-16-39-3)36(33-32-28)25-9-5-4-6-10-25;/h4-6,9-10,21-24,26,31H,7-8,11-20H2,1-3H3;1H/t22-,23?,24?,26+;/m1./s1. The quantitative estimate of drug-likeness (QED) is 0.411. The molecule has 2 bridgehead atoms. The molecule has 3 aliphatic rings. The Bertz CT molecular complexity index is 1110. The summed E-state index contributed by atoms with van der Waals surface area (Å²) in [7, 11) is 1.71. The van der Waals surface area contributed by atoms with Crippen molar-refractivity contribution in [3.05, 3.63) is 41.7 Å². The minimum atomic E-state index is -0.0964. The number of ether oxygens (including phenoxy) is 1. The number of carbonyl (C=O) groups is 2. The number of fused-ring (bicyclic) bond motifs is 2. The summed E-state index contributed by atoms with van der Waals surface area (Å²) in [6.07, 6.45) is 7.71. The minimum Gasteiger partial charge on any atom is -0.385 e. The van der Waals surface area contributed by atoms with Gasteiger partial charge in [-0.25, -0.2) is 4.68 Å². The highest BCUT2D eigenvalue weighted by atomic mass is 35.5. The molecule has 2 atom stereocenters. The van der Waals surface area contributed by atoms with E-state index in [1.165, 1.54) is 0 Å². The van der Waals surface area contributed by atoms with Crippen molar-refractivity contribution in [2.75, 3.05) is 33.4 Å². The van der Waals surface area contributed by atoms with E-state index in [0.29, 0.717) is 56.9 Å². The SMILES string of the molecule is COCCCCc1c(C(=O)N(CC(C)C)[C@@H]2CNC[C@H](C(=O)N3C4CCC3CC4)C2)nnn1-c1ccccc1.Cl. The van der Waals surface area contributed by atoms with Gasteiger partial charge in [-0.15, -0.1) is 17.5 Å². The van der Waals surface area contributed by atoms with Crippen LogP contribution in [0, 0.1) is 11.8 Å². The second kappa shape index (κ2) is 13.9. The molecule has 0 saturated carbocycles. The van der Waals surface area contributed by atoms with Crippen LogP contribution in [-0.4, -0.2) is 88.1 Å². The highest BCUT2D eigenvalue weighted by Gasteiger charge is 2.45. The molecule has 0 radical (unpaired) electrons. The molecule has 220 valence electrons. The fourth-order valence-electron chi connectivity index (χ4n) is 6.76. The minimum absolute atomic E-state index is 0. The largest absolute Gasteiger partial charge is 0.385 e. The molecule has 40 heavy (non-hydrogen) atoms. The molecule has 0 unspecified atom stereocenters. The predicted octanol–water partition coefficient (Wildman–Crippen LogP) is 3.89. The normalized spacial score (nSPS) is 23.9. The number of halogens is 1. The molecule has 3 saturated heterocycles. The zero-order valence-corrected chi connectivity index (χ0v) is 24.9. The van der Waals surface area contributed by atoms with Gasteiger partial charge in [0.15, 0.2) is 5.69 Å². The Morgan fingerprint density at radius 2 is 1.77 bits per heavy atom. The van der Waals surface area contributed by atoms with E-state index in [1.54, 1.807) is 7.11 Å². The van der Waals surface area contributed by atoms with Crippen LogP contribution in [0.4, 0.5) is 0 Å². The summed E-state index contributed by atoms with van der Waals surface area (Å²) in [5.41, 5.74) is 2.15. The highest BCUT2D eigenvalue weighted by molar-refractivity contribution is 5.94. The van der Waals surface area contributed by atoms with Crippen molar-refractivity contribution in [2.24, 2.45) is 11.8 Å². The van der Waals surface area contributed by atoms with Crippen molar-refractivity contribution >= 4 is 24.2 Å². The van der Waals surface area contributed by atoms with Crippen LogP contribution >= 0.6 is 12.4 Å². The van der Waals surface area contributed by atoms with E-state index in [9.17, 15) is 9.59 Å². The summed E-state index contributed by atoms with van der Waals surface area (Å²) in [4.78, 5) is 32.0. The molecule has 2 amide bonds. The number of piperidine rings is 1. The predicted molar refractivity (Wildman–Crippen MR) is 157 cm³/mol. The zero-order chi connectivity index (χ0) is 27.4. The average molecular weight is 573 g/mol. The Kier molecular flexibility index (Phi) is 10.6. The summed E-state index contributed by atoms with van der Waals surface area (Å²) in [5, 5.41) is 12.4. The summed E-state index contributed by atoms with van der Waals surface area (Å²) in [6.45, 7) is 6.93. The third-order valence-electron chi connectivity index (χ3n) is 8.63. The first-order chi connectivity index (χ1) is 19.0. The number of aromatic nitrogens is 3. The van der Waals surface area contributed by atoms with Gasteiger partial charge in [-0.1, -0.05) is 37.3 Å². The highest BCUT2D eigenvalue weighted by Crippen LogP contribution is 2.39. The summed E-state index contributed by atoms with van der Waals surface area (Å²) in [6, 6.07) is 10.7. The van der Waals surface area contributed by atoms with Crippen molar-refractivity contribution in [2.45, 2.75) is 83.3 Å². The number of para-hydroxylation sites is 1. The van der Waals surface area contributed by atoms with Crippen LogP contribution in [0.2, 0.25) is 0 Å². The third-order valence-corrected chi connectivity index (χ3v) is 8.63. The van der Waals surface area contributed by atoms with Gasteiger partial charge in [0.1, 0.15) is 0 Å². The van der Waals surface area contributed by atoms with E-state index in [0.717, 1.165) is 49.9 Å². The smallest absolute Gasteiger partial charge is 0.276 e. The van der Waals surface area contributed by atoms with Gasteiger partial charge in [-0.3, -0.25) is 9.59 Å². The molecule has 9 nitrogen and oxygen atoms in total. The summed E-state index contributed by atoms with van der Waals surface area (Å²) < 4.78 is 7.06. The van der Waals surface area contributed by atoms with Gasteiger partial charge in [0.05, 0.1) is 17.3 Å². The second-order valence-electron chi connectivity index (χ2n) is 11.9. The lowest BCUT2D eigenvalue weighted by Gasteiger charge is -2.39. The van der Waals surface area contributed by atoms with Crippen LogP contribution in [-0.2, 0) is 16.0 Å². The Hall–Kier alpha value is -2.49. The molecular weight excluding hydrogens is 528 g/mol. The third kappa shape index (κ3) is 6.52. The number of benzene rings is 1. The molecule has 3 aliphatic heterocycles. The van der Waals surface area contributed by atoms with E-state index < -0.39 is 0 Å². The van der Waals surface area contributed by atoms with Crippen molar-refractivity contribution < 1.29 is 14.3 Å². The molecule has 1 aromatic carbocycles. The number of rotatable bonds is 11. The number of methoxy groups -OCH3 is 1. The lowest BCUT2D eigenvalue weighted by molar-refractivity contribution is -0.138. The molecule has 4 heterocycles. The Balaban J connectivity index is 0.00000370. The molecular formula is C30H45ClN6O3. The van der Waals surface area contributed by atoms with Crippen LogP contribution in [0.25, 0.3) is 5.69 Å². The van der Waals surface area contributed by atoms with Crippen molar-refractivity contribution in [3.8, 4) is 5.69 Å². The molecule has 1 N–H and O–H groups in total. The number of hydrogen-bond acceptors (Lipinski definition) is 6. The number of unbranched alkanes of at least 4 members (excludes halogenated alkanes) is 1. The Morgan fingerprint density at radius 1 is 1.07 bits per heavy atom. The molecule has 1 aromatic heterocycles. The van der Waals surface area contributed by atoms with Gasteiger partial charge in [0.25, 0.3) is 5.91 Å². The summed E-state index contributed by atoms with van der Waals surface area (Å²) in [5.74, 6) is 0.381. The number of amides is 2. The van der Waals surface area contributed by atoms with Crippen LogP contribution in [0.1, 0.15) is 75.0 Å². The number of nitrogens with zero attached hydrogens (tertiary/aromatic N) is 5. The fourth-order valence-corrected chi connectivity index (χ4v) is 6.76. The maximum absolute atomic E-state index is 14.2. The van der Waals surface area contributed by atoms with E-state index >= 15 is 0 Å². The number of nitrogens with one attached hydrogen (secondary N) is 1. The van der Waals surface area contributed by atoms with Gasteiger partial charge < -0.3 is 19.9 Å². The molecule has 3 fully saturated rings. The van der Waals surface area contributed by atoms with Gasteiger partial charge in [0.2, 0.25) is 5.91 Å². The van der Waals surface area contributed by atoms with Gasteiger partial charge in [0, 0.05) is 51.5 Å². The average Bonchev–Trinajstić information content (AvgIpc) is 3.68. The number of carbonyl (C=O) groups excluding carboxylic acids is 2. The monoisotopic (exact) mass is 572 g/mol. The first kappa shape index (κ1) is 30.5.